The van der Waals surface area contributed by atoms with Crippen molar-refractivity contribution in [1.29, 1.82) is 0 Å². The van der Waals surface area contributed by atoms with Crippen LogP contribution >= 0.6 is 11.8 Å². The van der Waals surface area contributed by atoms with Crippen LogP contribution in [0.3, 0.4) is 0 Å². The van der Waals surface area contributed by atoms with Crippen LogP contribution in [0.1, 0.15) is 34.8 Å². The van der Waals surface area contributed by atoms with Crippen LogP contribution < -0.4 is 10.6 Å². The summed E-state index contributed by atoms with van der Waals surface area (Å²) in [4.78, 5) is 35.6. The van der Waals surface area contributed by atoms with Crippen molar-refractivity contribution in [2.45, 2.75) is 27.2 Å². The van der Waals surface area contributed by atoms with Crippen LogP contribution in [0.25, 0.3) is 0 Å². The fraction of sp³-hybridized carbons (Fsp3) is 0.318. The van der Waals surface area contributed by atoms with Crippen molar-refractivity contribution in [1.82, 2.24) is 0 Å². The van der Waals surface area contributed by atoms with Gasteiger partial charge in [-0.05, 0) is 68.3 Å². The molecule has 2 N–H and O–H groups in total. The number of aryl methyl sites for hydroxylation is 2. The number of benzene rings is 2. The largest absolute Gasteiger partial charge is 0.462 e. The number of carbonyl (C=O) groups is 3. The van der Waals surface area contributed by atoms with E-state index in [-0.39, 0.29) is 23.5 Å². The van der Waals surface area contributed by atoms with E-state index < -0.39 is 0 Å². The Morgan fingerprint density at radius 1 is 0.897 bits per heavy atom. The third-order valence-electron chi connectivity index (χ3n) is 4.18. The molecule has 0 unspecified atom stereocenters. The smallest absolute Gasteiger partial charge is 0.338 e. The summed E-state index contributed by atoms with van der Waals surface area (Å²) in [5.41, 5.74) is 4.14. The number of hydrogen-bond acceptors (Lipinski definition) is 5. The van der Waals surface area contributed by atoms with Crippen molar-refractivity contribution in [3.8, 4) is 0 Å². The highest BCUT2D eigenvalue weighted by atomic mass is 32.2. The average molecular weight is 415 g/mol. The Morgan fingerprint density at radius 3 is 2.21 bits per heavy atom. The highest BCUT2D eigenvalue weighted by Gasteiger charge is 2.08. The van der Waals surface area contributed by atoms with Crippen molar-refractivity contribution < 1.29 is 19.1 Å². The van der Waals surface area contributed by atoms with Gasteiger partial charge in [0.1, 0.15) is 0 Å². The normalized spacial score (nSPS) is 10.3. The Kier molecular flexibility index (Phi) is 8.73. The predicted octanol–water partition coefficient (Wildman–Crippen LogP) is 4.18. The molecule has 0 aliphatic carbocycles. The molecule has 0 atom stereocenters. The number of esters is 1. The number of carbonyl (C=O) groups excluding carboxylic acids is 3. The average Bonchev–Trinajstić information content (AvgIpc) is 2.69. The highest BCUT2D eigenvalue weighted by molar-refractivity contribution is 7.99. The second-order valence-corrected chi connectivity index (χ2v) is 7.60. The fourth-order valence-electron chi connectivity index (χ4n) is 2.47. The topological polar surface area (TPSA) is 84.5 Å². The molecule has 154 valence electrons. The van der Waals surface area contributed by atoms with Gasteiger partial charge in [-0.3, -0.25) is 9.59 Å². The number of ether oxygens (including phenoxy) is 1. The highest BCUT2D eigenvalue weighted by Crippen LogP contribution is 2.15. The maximum atomic E-state index is 12.0. The van der Waals surface area contributed by atoms with Crippen LogP contribution in [-0.2, 0) is 14.3 Å². The Labute approximate surface area is 175 Å². The molecule has 0 heterocycles. The number of amides is 2. The van der Waals surface area contributed by atoms with Gasteiger partial charge in [-0.1, -0.05) is 6.07 Å². The molecule has 0 saturated heterocycles. The first-order valence-electron chi connectivity index (χ1n) is 9.41. The molecule has 0 aromatic heterocycles. The van der Waals surface area contributed by atoms with Gasteiger partial charge in [0.2, 0.25) is 11.8 Å². The standard InChI is InChI=1S/C22H26N2O4S/c1-4-28-22(27)17-6-9-18(10-7-17)23-21(26)14-29-12-11-20(25)24-19-8-5-15(2)16(3)13-19/h5-10,13H,4,11-12,14H2,1-3H3,(H,23,26)(H,24,25). The summed E-state index contributed by atoms with van der Waals surface area (Å²) in [6.45, 7) is 6.09. The molecule has 2 aromatic rings. The Bertz CT molecular complexity index is 866. The lowest BCUT2D eigenvalue weighted by Crippen LogP contribution is -2.16. The van der Waals surface area contributed by atoms with Crippen LogP contribution in [0, 0.1) is 13.8 Å². The van der Waals surface area contributed by atoms with E-state index in [4.69, 9.17) is 4.74 Å². The lowest BCUT2D eigenvalue weighted by atomic mass is 10.1. The van der Waals surface area contributed by atoms with Gasteiger partial charge in [0.25, 0.3) is 0 Å². The minimum atomic E-state index is -0.389. The van der Waals surface area contributed by atoms with E-state index in [1.165, 1.54) is 17.3 Å². The molecular formula is C22H26N2O4S. The van der Waals surface area contributed by atoms with Crippen molar-refractivity contribution in [3.05, 3.63) is 59.2 Å². The molecule has 0 fully saturated rings. The maximum absolute atomic E-state index is 12.0. The number of thioether (sulfide) groups is 1. The van der Waals surface area contributed by atoms with E-state index in [1.54, 1.807) is 31.2 Å². The van der Waals surface area contributed by atoms with Crippen LogP contribution in [0.15, 0.2) is 42.5 Å². The van der Waals surface area contributed by atoms with E-state index in [0.717, 1.165) is 11.3 Å². The second kappa shape index (κ2) is 11.3. The van der Waals surface area contributed by atoms with Gasteiger partial charge in [-0.25, -0.2) is 4.79 Å². The van der Waals surface area contributed by atoms with E-state index in [1.807, 2.05) is 32.0 Å². The molecule has 0 radical (unpaired) electrons. The molecule has 2 amide bonds. The molecule has 0 saturated carbocycles. The number of anilines is 2. The molecule has 29 heavy (non-hydrogen) atoms. The van der Waals surface area contributed by atoms with Crippen molar-refractivity contribution in [3.63, 3.8) is 0 Å². The van der Waals surface area contributed by atoms with Crippen molar-refractivity contribution >= 4 is 40.9 Å². The molecular weight excluding hydrogens is 388 g/mol. The number of hydrogen-bond donors (Lipinski definition) is 2. The lowest BCUT2D eigenvalue weighted by molar-refractivity contribution is -0.116. The number of rotatable bonds is 9. The minimum absolute atomic E-state index is 0.0734. The van der Waals surface area contributed by atoms with Gasteiger partial charge < -0.3 is 15.4 Å². The van der Waals surface area contributed by atoms with Crippen LogP contribution in [-0.4, -0.2) is 35.9 Å². The minimum Gasteiger partial charge on any atom is -0.462 e. The monoisotopic (exact) mass is 414 g/mol. The van der Waals surface area contributed by atoms with Crippen LogP contribution in [0.2, 0.25) is 0 Å². The molecule has 0 aliphatic heterocycles. The van der Waals surface area contributed by atoms with Gasteiger partial charge >= 0.3 is 5.97 Å². The maximum Gasteiger partial charge on any atom is 0.338 e. The summed E-state index contributed by atoms with van der Waals surface area (Å²) >= 11 is 1.39. The summed E-state index contributed by atoms with van der Waals surface area (Å²) in [6.07, 6.45) is 0.332. The zero-order chi connectivity index (χ0) is 21.2. The Balaban J connectivity index is 1.68. The van der Waals surface area contributed by atoms with Crippen LogP contribution in [0.5, 0.6) is 0 Å². The Hall–Kier alpha value is -2.80. The zero-order valence-corrected chi connectivity index (χ0v) is 17.7. The fourth-order valence-corrected chi connectivity index (χ4v) is 3.21. The predicted molar refractivity (Wildman–Crippen MR) is 118 cm³/mol. The van der Waals surface area contributed by atoms with E-state index >= 15 is 0 Å². The van der Waals surface area contributed by atoms with E-state index in [2.05, 4.69) is 10.6 Å². The summed E-state index contributed by atoms with van der Waals surface area (Å²) in [7, 11) is 0. The van der Waals surface area contributed by atoms with Crippen molar-refractivity contribution in [2.24, 2.45) is 0 Å². The van der Waals surface area contributed by atoms with Gasteiger partial charge in [0, 0.05) is 23.5 Å². The Morgan fingerprint density at radius 2 is 1.55 bits per heavy atom. The van der Waals surface area contributed by atoms with Gasteiger partial charge in [0.15, 0.2) is 0 Å². The van der Waals surface area contributed by atoms with E-state index in [9.17, 15) is 14.4 Å². The third kappa shape index (κ3) is 7.62. The summed E-state index contributed by atoms with van der Waals surface area (Å²) in [5, 5.41) is 5.64. The molecule has 0 spiro atoms. The van der Waals surface area contributed by atoms with Gasteiger partial charge in [0.05, 0.1) is 17.9 Å². The first kappa shape index (κ1) is 22.5. The first-order valence-corrected chi connectivity index (χ1v) is 10.6. The molecule has 2 aromatic carbocycles. The van der Waals surface area contributed by atoms with Gasteiger partial charge in [-0.15, -0.1) is 0 Å². The zero-order valence-electron chi connectivity index (χ0n) is 16.9. The summed E-state index contributed by atoms with van der Waals surface area (Å²) in [6, 6.07) is 12.3. The lowest BCUT2D eigenvalue weighted by Gasteiger charge is -2.08. The molecule has 6 nitrogen and oxygen atoms in total. The van der Waals surface area contributed by atoms with E-state index in [0.29, 0.717) is 30.0 Å². The summed E-state index contributed by atoms with van der Waals surface area (Å²) in [5.74, 6) is 0.173. The second-order valence-electron chi connectivity index (χ2n) is 6.50. The SMILES string of the molecule is CCOC(=O)c1ccc(NC(=O)CSCCC(=O)Nc2ccc(C)c(C)c2)cc1. The molecule has 2 rings (SSSR count). The molecule has 7 heteroatoms. The quantitative estimate of drug-likeness (QED) is 0.475. The van der Waals surface area contributed by atoms with Crippen molar-refractivity contribution in [2.75, 3.05) is 28.7 Å². The molecule has 0 bridgehead atoms. The van der Waals surface area contributed by atoms with Crippen LogP contribution in [0.4, 0.5) is 11.4 Å². The first-order chi connectivity index (χ1) is 13.9. The third-order valence-corrected chi connectivity index (χ3v) is 5.14. The molecule has 0 aliphatic rings. The summed E-state index contributed by atoms with van der Waals surface area (Å²) < 4.78 is 4.92. The van der Waals surface area contributed by atoms with Gasteiger partial charge in [-0.2, -0.15) is 11.8 Å². The number of nitrogens with one attached hydrogen (secondary N) is 2.